The summed E-state index contributed by atoms with van der Waals surface area (Å²) in [5, 5.41) is 43.4. The summed E-state index contributed by atoms with van der Waals surface area (Å²) < 4.78 is 3.86. The third-order valence-electron chi connectivity index (χ3n) is 4.08. The van der Waals surface area contributed by atoms with E-state index in [1.54, 1.807) is 0 Å². The molecule has 0 saturated heterocycles. The molecule has 1 fully saturated rings. The highest BCUT2D eigenvalue weighted by atomic mass is 16.6. The smallest absolute Gasteiger partial charge is 0.345 e. The molecule has 1 rings (SSSR count). The zero-order valence-corrected chi connectivity index (χ0v) is 14.5. The van der Waals surface area contributed by atoms with Gasteiger partial charge in [0.2, 0.25) is 0 Å². The molecule has 0 amide bonds. The first kappa shape index (κ1) is 22.9. The molecule has 0 bridgehead atoms. The average Bonchev–Trinajstić information content (AvgIpc) is 2.53. The Kier molecular flexibility index (Phi) is 11.0. The molecule has 0 aromatic carbocycles. The lowest BCUT2D eigenvalue weighted by atomic mass is 9.75. The van der Waals surface area contributed by atoms with Crippen molar-refractivity contribution >= 4 is 11.9 Å². The van der Waals surface area contributed by atoms with Gasteiger partial charge in [-0.25, -0.2) is 9.59 Å². The Bertz CT molecular complexity index is 364. The van der Waals surface area contributed by atoms with Crippen molar-refractivity contribution in [1.29, 1.82) is 0 Å². The lowest BCUT2D eigenvalue weighted by Gasteiger charge is -2.33. The fraction of sp³-hybridized carbons (Fsp3) is 0.875. The highest BCUT2D eigenvalue weighted by molar-refractivity contribution is 5.89. The summed E-state index contributed by atoms with van der Waals surface area (Å²) in [6, 6.07) is 0. The van der Waals surface area contributed by atoms with Crippen molar-refractivity contribution in [3.8, 4) is 0 Å². The second-order valence-corrected chi connectivity index (χ2v) is 6.53. The van der Waals surface area contributed by atoms with Crippen LogP contribution in [0.2, 0.25) is 0 Å². The van der Waals surface area contributed by atoms with Crippen LogP contribution in [0.15, 0.2) is 0 Å². The van der Waals surface area contributed by atoms with Crippen molar-refractivity contribution in [2.75, 3.05) is 13.2 Å². The predicted octanol–water partition coefficient (Wildman–Crippen LogP) is -0.798. The van der Waals surface area contributed by atoms with Gasteiger partial charge in [0.05, 0.1) is 19.3 Å². The Hall–Kier alpha value is -1.06. The number of esters is 2. The van der Waals surface area contributed by atoms with Gasteiger partial charge < -0.3 is 30.3 Å². The Morgan fingerprint density at radius 3 is 1.83 bits per heavy atom. The van der Waals surface area contributed by atoms with Crippen LogP contribution >= 0.6 is 0 Å². The zero-order chi connectivity index (χ0) is 18.9. The molecule has 1 aliphatic carbocycles. The fourth-order valence-electron chi connectivity index (χ4n) is 2.54. The molecule has 0 aliphatic heterocycles. The van der Waals surface area contributed by atoms with Crippen molar-refractivity contribution < 1.29 is 39.9 Å². The summed E-state index contributed by atoms with van der Waals surface area (Å²) in [6.45, 7) is 4.89. The predicted molar refractivity (Wildman–Crippen MR) is 84.6 cm³/mol. The topological polar surface area (TPSA) is 145 Å². The lowest BCUT2D eigenvalue weighted by molar-refractivity contribution is -0.173. The van der Waals surface area contributed by atoms with E-state index in [-0.39, 0.29) is 6.10 Å². The van der Waals surface area contributed by atoms with Gasteiger partial charge in [-0.3, -0.25) is 0 Å². The molecule has 1 saturated carbocycles. The Morgan fingerprint density at radius 1 is 1.04 bits per heavy atom. The molecule has 5 N–H and O–H groups in total. The second kappa shape index (κ2) is 11.5. The molecular weight excluding hydrogens is 320 g/mol. The third kappa shape index (κ3) is 8.16. The number of hydrogen-bond acceptors (Lipinski definition) is 8. The van der Waals surface area contributed by atoms with Crippen molar-refractivity contribution in [3.05, 3.63) is 0 Å². The van der Waals surface area contributed by atoms with Crippen LogP contribution in [0, 0.1) is 17.8 Å². The highest BCUT2D eigenvalue weighted by Gasteiger charge is 2.28. The normalized spacial score (nSPS) is 26.1. The first-order valence-corrected chi connectivity index (χ1v) is 8.15. The Labute approximate surface area is 142 Å². The summed E-state index contributed by atoms with van der Waals surface area (Å²) in [5.74, 6) is -0.802. The van der Waals surface area contributed by atoms with Crippen LogP contribution in [0.3, 0.4) is 0 Å². The van der Waals surface area contributed by atoms with Gasteiger partial charge in [0.15, 0.2) is 12.2 Å². The number of aliphatic hydroxyl groups is 5. The summed E-state index contributed by atoms with van der Waals surface area (Å²) in [5.41, 5.74) is 0. The number of aliphatic hydroxyl groups excluding tert-OH is 5. The van der Waals surface area contributed by atoms with Crippen molar-refractivity contribution in [1.82, 2.24) is 0 Å². The van der Waals surface area contributed by atoms with E-state index in [2.05, 4.69) is 25.5 Å². The summed E-state index contributed by atoms with van der Waals surface area (Å²) in [4.78, 5) is 21.1. The minimum Gasteiger partial charge on any atom is -0.393 e. The highest BCUT2D eigenvalue weighted by Crippen LogP contribution is 2.33. The molecule has 0 heterocycles. The maximum atomic E-state index is 10.6. The largest absolute Gasteiger partial charge is 0.393 e. The average molecular weight is 350 g/mol. The van der Waals surface area contributed by atoms with E-state index in [1.807, 2.05) is 0 Å². The van der Waals surface area contributed by atoms with Gasteiger partial charge in [-0.1, -0.05) is 27.2 Å². The molecule has 0 radical (unpaired) electrons. The van der Waals surface area contributed by atoms with Gasteiger partial charge in [-0.15, -0.1) is 0 Å². The number of rotatable bonds is 5. The molecule has 0 aromatic rings. The molecule has 8 nitrogen and oxygen atoms in total. The van der Waals surface area contributed by atoms with Gasteiger partial charge >= 0.3 is 11.9 Å². The quantitative estimate of drug-likeness (QED) is 0.320. The molecule has 142 valence electrons. The van der Waals surface area contributed by atoms with Gasteiger partial charge in [0, 0.05) is 0 Å². The third-order valence-corrected chi connectivity index (χ3v) is 4.08. The van der Waals surface area contributed by atoms with Crippen LogP contribution in [-0.4, -0.2) is 69.0 Å². The Morgan fingerprint density at radius 2 is 1.50 bits per heavy atom. The monoisotopic (exact) mass is 350 g/mol. The summed E-state index contributed by atoms with van der Waals surface area (Å²) in [7, 11) is 0. The van der Waals surface area contributed by atoms with E-state index >= 15 is 0 Å². The van der Waals surface area contributed by atoms with E-state index in [9.17, 15) is 14.7 Å². The van der Waals surface area contributed by atoms with Gasteiger partial charge in [-0.05, 0) is 30.6 Å². The molecule has 8 heteroatoms. The van der Waals surface area contributed by atoms with Crippen molar-refractivity contribution in [3.63, 3.8) is 0 Å². The van der Waals surface area contributed by atoms with Crippen LogP contribution in [-0.2, 0) is 14.3 Å². The maximum absolute atomic E-state index is 10.6. The van der Waals surface area contributed by atoms with Crippen LogP contribution < -0.4 is 0 Å². The SMILES string of the molecule is CC1CCC(C(C)C)C(O)C1.O=C(OC(=O)C(O)CO)C(O)CO. The zero-order valence-electron chi connectivity index (χ0n) is 14.5. The summed E-state index contributed by atoms with van der Waals surface area (Å²) in [6.07, 6.45) is -0.133. The summed E-state index contributed by atoms with van der Waals surface area (Å²) >= 11 is 0. The minimum atomic E-state index is -1.82. The van der Waals surface area contributed by atoms with E-state index in [1.165, 1.54) is 12.8 Å². The number of carbonyl (C=O) groups is 2. The van der Waals surface area contributed by atoms with Crippen molar-refractivity contribution in [2.45, 2.75) is 58.3 Å². The molecule has 1 aliphatic rings. The maximum Gasteiger partial charge on any atom is 0.345 e. The van der Waals surface area contributed by atoms with Crippen molar-refractivity contribution in [2.24, 2.45) is 17.8 Å². The standard InChI is InChI=1S/C10H20O.C6H10O7/c1-7(2)9-5-4-8(3)6-10(9)11;7-1-3(9)5(11)13-6(12)4(10)2-8/h7-11H,4-6H2,1-3H3;3-4,7-10H,1-2H2. The lowest BCUT2D eigenvalue weighted by Crippen LogP contribution is -2.34. The van der Waals surface area contributed by atoms with E-state index in [0.717, 1.165) is 12.3 Å². The van der Waals surface area contributed by atoms with Gasteiger partial charge in [-0.2, -0.15) is 0 Å². The van der Waals surface area contributed by atoms with Crippen LogP contribution in [0.1, 0.15) is 40.0 Å². The molecule has 5 unspecified atom stereocenters. The molecular formula is C16H30O8. The van der Waals surface area contributed by atoms with E-state index in [0.29, 0.717) is 11.8 Å². The van der Waals surface area contributed by atoms with Gasteiger partial charge in [0.25, 0.3) is 0 Å². The van der Waals surface area contributed by atoms with E-state index < -0.39 is 37.4 Å². The Balaban J connectivity index is 0.000000446. The first-order chi connectivity index (χ1) is 11.1. The molecule has 5 atom stereocenters. The van der Waals surface area contributed by atoms with Gasteiger partial charge in [0.1, 0.15) is 0 Å². The number of carbonyl (C=O) groups excluding carboxylic acids is 2. The minimum absolute atomic E-state index is 0.0289. The molecule has 0 spiro atoms. The fourth-order valence-corrected chi connectivity index (χ4v) is 2.54. The van der Waals surface area contributed by atoms with Crippen LogP contribution in [0.5, 0.6) is 0 Å². The first-order valence-electron chi connectivity index (χ1n) is 8.15. The number of hydrogen-bond donors (Lipinski definition) is 5. The second-order valence-electron chi connectivity index (χ2n) is 6.53. The van der Waals surface area contributed by atoms with E-state index in [4.69, 9.17) is 20.4 Å². The number of ether oxygens (including phenoxy) is 1. The van der Waals surface area contributed by atoms with Crippen LogP contribution in [0.4, 0.5) is 0 Å². The molecule has 24 heavy (non-hydrogen) atoms. The molecule has 0 aromatic heterocycles. The van der Waals surface area contributed by atoms with Crippen LogP contribution in [0.25, 0.3) is 0 Å².